The second-order valence-electron chi connectivity index (χ2n) is 8.83. The number of pyridine rings is 1. The zero-order valence-electron chi connectivity index (χ0n) is 19.9. The monoisotopic (exact) mass is 493 g/mol. The molecular formula is C30H27N3O2S. The fourth-order valence-corrected chi connectivity index (χ4v) is 5.45. The molecule has 1 aliphatic heterocycles. The minimum atomic E-state index is 0.808. The fourth-order valence-electron chi connectivity index (χ4n) is 4.36. The lowest BCUT2D eigenvalue weighted by molar-refractivity contribution is 0.0342. The van der Waals surface area contributed by atoms with Crippen molar-refractivity contribution in [1.29, 1.82) is 0 Å². The van der Waals surface area contributed by atoms with Gasteiger partial charge in [-0.2, -0.15) is 0 Å². The van der Waals surface area contributed by atoms with Crippen LogP contribution in [0.25, 0.3) is 20.7 Å². The minimum absolute atomic E-state index is 0.808. The molecule has 3 aromatic carbocycles. The molecule has 0 atom stereocenters. The second-order valence-corrected chi connectivity index (χ2v) is 9.89. The van der Waals surface area contributed by atoms with Gasteiger partial charge in [0, 0.05) is 36.4 Å². The molecule has 0 spiro atoms. The SMILES string of the molecule is c1ccc(Oc2ccc(Nc3ccnc4cc(-c5ccc(CN6CCOCC6)cc5)sc34)cc2)cc1. The highest BCUT2D eigenvalue weighted by Gasteiger charge is 2.12. The molecule has 0 aliphatic carbocycles. The number of hydrogen-bond acceptors (Lipinski definition) is 6. The molecule has 6 rings (SSSR count). The number of para-hydroxylation sites is 1. The number of fused-ring (bicyclic) bond motifs is 1. The van der Waals surface area contributed by atoms with E-state index in [4.69, 9.17) is 9.47 Å². The first-order chi connectivity index (χ1) is 17.8. The van der Waals surface area contributed by atoms with Gasteiger partial charge in [0.05, 0.1) is 29.1 Å². The van der Waals surface area contributed by atoms with Crippen molar-refractivity contribution >= 4 is 32.9 Å². The molecule has 3 heterocycles. The Morgan fingerprint density at radius 2 is 1.61 bits per heavy atom. The number of nitrogens with zero attached hydrogens (tertiary/aromatic N) is 2. The van der Waals surface area contributed by atoms with Crippen LogP contribution < -0.4 is 10.1 Å². The van der Waals surface area contributed by atoms with Crippen molar-refractivity contribution in [2.45, 2.75) is 6.54 Å². The van der Waals surface area contributed by atoms with E-state index in [1.54, 1.807) is 11.3 Å². The number of anilines is 2. The van der Waals surface area contributed by atoms with Crippen molar-refractivity contribution in [3.63, 3.8) is 0 Å². The van der Waals surface area contributed by atoms with Gasteiger partial charge in [-0.25, -0.2) is 0 Å². The third-order valence-electron chi connectivity index (χ3n) is 6.27. The first kappa shape index (κ1) is 22.7. The maximum Gasteiger partial charge on any atom is 0.127 e. The Balaban J connectivity index is 1.17. The first-order valence-electron chi connectivity index (χ1n) is 12.2. The molecule has 1 saturated heterocycles. The average molecular weight is 494 g/mol. The number of hydrogen-bond donors (Lipinski definition) is 1. The number of morpholine rings is 1. The Kier molecular flexibility index (Phi) is 6.63. The van der Waals surface area contributed by atoms with Crippen LogP contribution in [0.3, 0.4) is 0 Å². The number of thiophene rings is 1. The largest absolute Gasteiger partial charge is 0.457 e. The summed E-state index contributed by atoms with van der Waals surface area (Å²) in [5, 5.41) is 3.56. The van der Waals surface area contributed by atoms with Gasteiger partial charge < -0.3 is 14.8 Å². The summed E-state index contributed by atoms with van der Waals surface area (Å²) >= 11 is 1.77. The molecule has 5 nitrogen and oxygen atoms in total. The predicted octanol–water partition coefficient (Wildman–Crippen LogP) is 7.33. The standard InChI is InChI=1S/C30H27N3O2S/c1-2-4-25(5-3-1)35-26-12-10-24(11-13-26)32-27-14-15-31-28-20-29(36-30(27)28)23-8-6-22(7-9-23)21-33-16-18-34-19-17-33/h1-15,20H,16-19,21H2,(H,31,32). The Morgan fingerprint density at radius 3 is 2.39 bits per heavy atom. The lowest BCUT2D eigenvalue weighted by Gasteiger charge is -2.26. The van der Waals surface area contributed by atoms with E-state index in [1.165, 1.54) is 16.0 Å². The van der Waals surface area contributed by atoms with E-state index < -0.39 is 0 Å². The van der Waals surface area contributed by atoms with Crippen molar-refractivity contribution in [2.75, 3.05) is 31.6 Å². The van der Waals surface area contributed by atoms with Crippen molar-refractivity contribution in [2.24, 2.45) is 0 Å². The molecule has 1 fully saturated rings. The molecule has 5 aromatic rings. The van der Waals surface area contributed by atoms with Gasteiger partial charge >= 0.3 is 0 Å². The van der Waals surface area contributed by atoms with Crippen LogP contribution >= 0.6 is 11.3 Å². The molecule has 0 saturated carbocycles. The zero-order chi connectivity index (χ0) is 24.2. The van der Waals surface area contributed by atoms with E-state index in [0.717, 1.165) is 65.9 Å². The molecule has 0 bridgehead atoms. The number of nitrogens with one attached hydrogen (secondary N) is 1. The van der Waals surface area contributed by atoms with Gasteiger partial charge in [0.15, 0.2) is 0 Å². The summed E-state index contributed by atoms with van der Waals surface area (Å²) in [6.45, 7) is 4.63. The van der Waals surface area contributed by atoms with Crippen molar-refractivity contribution in [3.8, 4) is 21.9 Å². The van der Waals surface area contributed by atoms with Crippen LogP contribution in [0, 0.1) is 0 Å². The lowest BCUT2D eigenvalue weighted by Crippen LogP contribution is -2.35. The highest BCUT2D eigenvalue weighted by Crippen LogP contribution is 2.38. The topological polar surface area (TPSA) is 46.6 Å². The van der Waals surface area contributed by atoms with Crippen LogP contribution in [-0.2, 0) is 11.3 Å². The Morgan fingerprint density at radius 1 is 0.861 bits per heavy atom. The molecule has 0 unspecified atom stereocenters. The minimum Gasteiger partial charge on any atom is -0.457 e. The summed E-state index contributed by atoms with van der Waals surface area (Å²) in [4.78, 5) is 8.28. The van der Waals surface area contributed by atoms with Crippen molar-refractivity contribution < 1.29 is 9.47 Å². The molecule has 180 valence electrons. The van der Waals surface area contributed by atoms with Crippen molar-refractivity contribution in [3.05, 3.63) is 103 Å². The third-order valence-corrected chi connectivity index (χ3v) is 7.48. The predicted molar refractivity (Wildman–Crippen MR) is 147 cm³/mol. The maximum atomic E-state index is 5.91. The molecule has 6 heteroatoms. The molecule has 1 N–H and O–H groups in total. The summed E-state index contributed by atoms with van der Waals surface area (Å²) in [5.41, 5.74) is 5.61. The lowest BCUT2D eigenvalue weighted by atomic mass is 10.1. The molecule has 1 aliphatic rings. The summed E-state index contributed by atoms with van der Waals surface area (Å²) in [6, 6.07) is 31.0. The normalized spacial score (nSPS) is 14.1. The van der Waals surface area contributed by atoms with Crippen LogP contribution in [0.4, 0.5) is 11.4 Å². The van der Waals surface area contributed by atoms with E-state index >= 15 is 0 Å². The zero-order valence-corrected chi connectivity index (χ0v) is 20.7. The Bertz CT molecular complexity index is 1430. The number of rotatable bonds is 7. The smallest absolute Gasteiger partial charge is 0.127 e. The van der Waals surface area contributed by atoms with Gasteiger partial charge in [-0.3, -0.25) is 9.88 Å². The average Bonchev–Trinajstić information content (AvgIpc) is 3.37. The van der Waals surface area contributed by atoms with Gasteiger partial charge in [0.1, 0.15) is 11.5 Å². The molecule has 0 radical (unpaired) electrons. The van der Waals surface area contributed by atoms with Crippen LogP contribution in [-0.4, -0.2) is 36.2 Å². The summed E-state index contributed by atoms with van der Waals surface area (Å²) in [7, 11) is 0. The number of aromatic nitrogens is 1. The Hall–Kier alpha value is -3.71. The molecular weight excluding hydrogens is 466 g/mol. The van der Waals surface area contributed by atoms with Gasteiger partial charge in [0.2, 0.25) is 0 Å². The molecule has 2 aromatic heterocycles. The van der Waals surface area contributed by atoms with Crippen LogP contribution in [0.5, 0.6) is 11.5 Å². The molecule has 0 amide bonds. The second kappa shape index (κ2) is 10.5. The van der Waals surface area contributed by atoms with Gasteiger partial charge in [-0.15, -0.1) is 11.3 Å². The van der Waals surface area contributed by atoms with Crippen LogP contribution in [0.1, 0.15) is 5.56 Å². The highest BCUT2D eigenvalue weighted by molar-refractivity contribution is 7.22. The third kappa shape index (κ3) is 5.26. The van der Waals surface area contributed by atoms with E-state index in [2.05, 4.69) is 45.5 Å². The van der Waals surface area contributed by atoms with Gasteiger partial charge in [-0.1, -0.05) is 42.5 Å². The number of benzene rings is 3. The molecule has 36 heavy (non-hydrogen) atoms. The van der Waals surface area contributed by atoms with Gasteiger partial charge in [-0.05, 0) is 59.7 Å². The van der Waals surface area contributed by atoms with Crippen molar-refractivity contribution in [1.82, 2.24) is 9.88 Å². The fraction of sp³-hybridized carbons (Fsp3) is 0.167. The van der Waals surface area contributed by atoms with E-state index in [1.807, 2.05) is 66.9 Å². The van der Waals surface area contributed by atoms with Gasteiger partial charge in [0.25, 0.3) is 0 Å². The summed E-state index contributed by atoms with van der Waals surface area (Å²) in [5.74, 6) is 1.64. The highest BCUT2D eigenvalue weighted by atomic mass is 32.1. The summed E-state index contributed by atoms with van der Waals surface area (Å²) < 4.78 is 12.5. The Labute approximate surface area is 215 Å². The van der Waals surface area contributed by atoms with E-state index in [0.29, 0.717) is 0 Å². The number of ether oxygens (including phenoxy) is 2. The summed E-state index contributed by atoms with van der Waals surface area (Å²) in [6.07, 6.45) is 1.86. The van der Waals surface area contributed by atoms with Crippen LogP contribution in [0.15, 0.2) is 97.2 Å². The quantitative estimate of drug-likeness (QED) is 0.257. The first-order valence-corrected chi connectivity index (χ1v) is 13.0. The maximum absolute atomic E-state index is 5.91. The van der Waals surface area contributed by atoms with E-state index in [-0.39, 0.29) is 0 Å². The van der Waals surface area contributed by atoms with Crippen LogP contribution in [0.2, 0.25) is 0 Å². The van der Waals surface area contributed by atoms with E-state index in [9.17, 15) is 0 Å².